The van der Waals surface area contributed by atoms with E-state index in [-0.39, 0.29) is 38.5 Å². The summed E-state index contributed by atoms with van der Waals surface area (Å²) in [5, 5.41) is -0.190. The van der Waals surface area contributed by atoms with Crippen LogP contribution in [-0.2, 0) is 4.79 Å². The number of hydrogen-bond acceptors (Lipinski definition) is 2. The molecule has 0 fully saturated rings. The van der Waals surface area contributed by atoms with Gasteiger partial charge in [-0.25, -0.2) is 0 Å². The first-order chi connectivity index (χ1) is 14.4. The van der Waals surface area contributed by atoms with Crippen LogP contribution >= 0.6 is 50.7 Å². The van der Waals surface area contributed by atoms with E-state index in [9.17, 15) is 22.8 Å². The van der Waals surface area contributed by atoms with Crippen molar-refractivity contribution >= 4 is 68.6 Å². The molecule has 0 saturated heterocycles. The van der Waals surface area contributed by atoms with E-state index in [4.69, 9.17) is 34.8 Å². The lowest BCUT2D eigenvalue weighted by Crippen LogP contribution is -2.41. The van der Waals surface area contributed by atoms with E-state index in [2.05, 4.69) is 26.8 Å². The van der Waals surface area contributed by atoms with Gasteiger partial charge in [-0.1, -0.05) is 59.9 Å². The van der Waals surface area contributed by atoms with Crippen molar-refractivity contribution in [2.45, 2.75) is 25.4 Å². The zero-order chi connectivity index (χ0) is 23.3. The molecule has 2 amide bonds. The molecule has 0 aromatic heterocycles. The van der Waals surface area contributed by atoms with Gasteiger partial charge in [0.25, 0.3) is 5.91 Å². The summed E-state index contributed by atoms with van der Waals surface area (Å²) in [5.41, 5.74) is 4.91. The molecule has 0 saturated carbocycles. The van der Waals surface area contributed by atoms with Gasteiger partial charge < -0.3 is 0 Å². The highest BCUT2D eigenvalue weighted by atomic mass is 79.9. The van der Waals surface area contributed by atoms with Gasteiger partial charge in [0.05, 0.1) is 26.5 Å². The van der Waals surface area contributed by atoms with Gasteiger partial charge in [-0.05, 0) is 51.3 Å². The van der Waals surface area contributed by atoms with Crippen LogP contribution in [0.1, 0.15) is 40.7 Å². The van der Waals surface area contributed by atoms with Crippen LogP contribution in [0.4, 0.5) is 13.2 Å². The van der Waals surface area contributed by atoms with Crippen molar-refractivity contribution in [2.24, 2.45) is 0 Å². The van der Waals surface area contributed by atoms with Gasteiger partial charge in [-0.3, -0.25) is 20.4 Å². The predicted molar refractivity (Wildman–Crippen MR) is 119 cm³/mol. The topological polar surface area (TPSA) is 58.2 Å². The van der Waals surface area contributed by atoms with E-state index in [1.165, 1.54) is 24.3 Å². The quantitative estimate of drug-likeness (QED) is 0.309. The average molecular weight is 559 g/mol. The second-order valence-corrected chi connectivity index (χ2v) is 8.32. The van der Waals surface area contributed by atoms with Crippen molar-refractivity contribution in [2.75, 3.05) is 0 Å². The second-order valence-electron chi connectivity index (χ2n) is 6.27. The van der Waals surface area contributed by atoms with Crippen LogP contribution in [0.25, 0.3) is 6.08 Å². The Morgan fingerprint density at radius 2 is 1.71 bits per heavy atom. The maximum atomic E-state index is 13.6. The molecule has 0 aliphatic carbocycles. The van der Waals surface area contributed by atoms with E-state index < -0.39 is 18.0 Å². The van der Waals surface area contributed by atoms with Crippen molar-refractivity contribution in [1.29, 1.82) is 0 Å². The Morgan fingerprint density at radius 3 is 2.23 bits per heavy atom. The first-order valence-electron chi connectivity index (χ1n) is 8.72. The number of allylic oxidation sites excluding steroid dienone is 1. The Labute approximate surface area is 199 Å². The summed E-state index contributed by atoms with van der Waals surface area (Å²) in [6.07, 6.45) is -2.19. The predicted octanol–water partition coefficient (Wildman–Crippen LogP) is 6.94. The molecule has 2 aromatic rings. The van der Waals surface area contributed by atoms with Crippen LogP contribution in [0.15, 0.2) is 40.9 Å². The monoisotopic (exact) mass is 556 g/mol. The number of halogens is 7. The zero-order valence-electron chi connectivity index (χ0n) is 15.8. The molecule has 1 atom stereocenters. The molecular formula is C20H15BrCl3F3N2O2. The molecule has 0 radical (unpaired) electrons. The molecule has 0 heterocycles. The number of amides is 2. The van der Waals surface area contributed by atoms with Crippen molar-refractivity contribution in [3.05, 3.63) is 72.6 Å². The van der Waals surface area contributed by atoms with Crippen molar-refractivity contribution < 1.29 is 22.8 Å². The minimum atomic E-state index is -4.61. The number of carbonyl (C=O) groups excluding carboxylic acids is 2. The fourth-order valence-electron chi connectivity index (χ4n) is 2.47. The second kappa shape index (κ2) is 10.7. The molecule has 166 valence electrons. The van der Waals surface area contributed by atoms with E-state index in [0.29, 0.717) is 10.0 Å². The number of hydrazine groups is 1. The average Bonchev–Trinajstić information content (AvgIpc) is 2.69. The molecule has 1 unspecified atom stereocenters. The van der Waals surface area contributed by atoms with Crippen LogP contribution in [0.3, 0.4) is 0 Å². The summed E-state index contributed by atoms with van der Waals surface area (Å²) < 4.78 is 41.2. The van der Waals surface area contributed by atoms with Crippen molar-refractivity contribution in [1.82, 2.24) is 10.9 Å². The smallest absolute Gasteiger partial charge is 0.273 e. The molecule has 0 spiro atoms. The van der Waals surface area contributed by atoms with Gasteiger partial charge in [0.2, 0.25) is 5.91 Å². The van der Waals surface area contributed by atoms with Crippen LogP contribution < -0.4 is 10.9 Å². The Morgan fingerprint density at radius 1 is 1.10 bits per heavy atom. The third kappa shape index (κ3) is 6.87. The first kappa shape index (κ1) is 25.5. The van der Waals surface area contributed by atoms with E-state index in [0.717, 1.165) is 18.2 Å². The number of nitrogens with one attached hydrogen (secondary N) is 2. The summed E-state index contributed by atoms with van der Waals surface area (Å²) in [4.78, 5) is 23.3. The van der Waals surface area contributed by atoms with Gasteiger partial charge in [-0.15, -0.1) is 0 Å². The Balaban J connectivity index is 2.28. The molecule has 0 aliphatic heterocycles. The van der Waals surface area contributed by atoms with Gasteiger partial charge in [0.1, 0.15) is 0 Å². The van der Waals surface area contributed by atoms with E-state index in [1.807, 2.05) is 0 Å². The highest BCUT2D eigenvalue weighted by Crippen LogP contribution is 2.41. The molecule has 31 heavy (non-hydrogen) atoms. The number of hydrogen-bond donors (Lipinski definition) is 2. The Hall–Kier alpha value is -1.74. The largest absolute Gasteiger partial charge is 0.399 e. The number of carbonyl (C=O) groups is 2. The molecule has 11 heteroatoms. The van der Waals surface area contributed by atoms with Gasteiger partial charge >= 0.3 is 6.18 Å². The SMILES string of the molecule is CCC(=O)NNC(=O)c1ccc(C=CC(c2cc(Cl)c(Cl)c(Cl)c2)C(F)(F)F)cc1Br. The van der Waals surface area contributed by atoms with E-state index >= 15 is 0 Å². The van der Waals surface area contributed by atoms with Crippen molar-refractivity contribution in [3.63, 3.8) is 0 Å². The minimum absolute atomic E-state index is 0.0232. The standard InChI is InChI=1S/C20H15BrCl3F3N2O2/c1-2-17(30)28-29-19(31)12-5-3-10(7-14(12)21)4-6-13(20(25,26)27)11-8-15(22)18(24)16(23)9-11/h3-9,13H,2H2,1H3,(H,28,30)(H,29,31). The summed E-state index contributed by atoms with van der Waals surface area (Å²) in [6.45, 7) is 1.62. The van der Waals surface area contributed by atoms with Gasteiger partial charge in [0, 0.05) is 10.9 Å². The molecule has 4 nitrogen and oxygen atoms in total. The lowest BCUT2D eigenvalue weighted by molar-refractivity contribution is -0.139. The maximum Gasteiger partial charge on any atom is 0.399 e. The van der Waals surface area contributed by atoms with Gasteiger partial charge in [-0.2, -0.15) is 13.2 Å². The minimum Gasteiger partial charge on any atom is -0.273 e. The summed E-state index contributed by atoms with van der Waals surface area (Å²) >= 11 is 20.8. The molecule has 0 bridgehead atoms. The maximum absolute atomic E-state index is 13.6. The lowest BCUT2D eigenvalue weighted by atomic mass is 9.97. The first-order valence-corrected chi connectivity index (χ1v) is 10.6. The van der Waals surface area contributed by atoms with Crippen LogP contribution in [-0.4, -0.2) is 18.0 Å². The highest BCUT2D eigenvalue weighted by Gasteiger charge is 2.39. The Kier molecular flexibility index (Phi) is 8.83. The lowest BCUT2D eigenvalue weighted by Gasteiger charge is -2.18. The van der Waals surface area contributed by atoms with Crippen molar-refractivity contribution in [3.8, 4) is 0 Å². The zero-order valence-corrected chi connectivity index (χ0v) is 19.6. The molecule has 2 rings (SSSR count). The van der Waals surface area contributed by atoms with Crippen LogP contribution in [0, 0.1) is 0 Å². The Bertz CT molecular complexity index is 1010. The van der Waals surface area contributed by atoms with Crippen LogP contribution in [0.5, 0.6) is 0 Å². The van der Waals surface area contributed by atoms with Crippen LogP contribution in [0.2, 0.25) is 15.1 Å². The number of alkyl halides is 3. The summed E-state index contributed by atoms with van der Waals surface area (Å²) in [7, 11) is 0. The number of benzene rings is 2. The van der Waals surface area contributed by atoms with E-state index in [1.54, 1.807) is 6.92 Å². The normalized spacial score (nSPS) is 12.6. The summed E-state index contributed by atoms with van der Waals surface area (Å²) in [6, 6.07) is 6.59. The third-order valence-corrected chi connectivity index (χ3v) is 5.93. The highest BCUT2D eigenvalue weighted by molar-refractivity contribution is 9.10. The molecular weight excluding hydrogens is 543 g/mol. The molecule has 2 aromatic carbocycles. The molecule has 2 N–H and O–H groups in total. The fourth-order valence-corrected chi connectivity index (χ4v) is 3.66. The number of rotatable bonds is 5. The fraction of sp³-hybridized carbons (Fsp3) is 0.200. The molecule has 0 aliphatic rings. The van der Waals surface area contributed by atoms with Gasteiger partial charge in [0.15, 0.2) is 0 Å². The summed E-state index contributed by atoms with van der Waals surface area (Å²) in [5.74, 6) is -2.93. The third-order valence-electron chi connectivity index (χ3n) is 4.07.